The summed E-state index contributed by atoms with van der Waals surface area (Å²) in [6.45, 7) is 4.37. The maximum atomic E-state index is 12.4. The molecule has 0 bridgehead atoms. The molecule has 1 N–H and O–H groups in total. The summed E-state index contributed by atoms with van der Waals surface area (Å²) in [5.41, 5.74) is 0.291. The van der Waals surface area contributed by atoms with E-state index in [-0.39, 0.29) is 18.4 Å². The van der Waals surface area contributed by atoms with Crippen LogP contribution in [0.3, 0.4) is 0 Å². The monoisotopic (exact) mass is 264 g/mol. The summed E-state index contributed by atoms with van der Waals surface area (Å²) >= 11 is 0. The van der Waals surface area contributed by atoms with E-state index in [4.69, 9.17) is 0 Å². The lowest BCUT2D eigenvalue weighted by molar-refractivity contribution is -0.149. The number of hydrogen-bond acceptors (Lipinski definition) is 3. The molecule has 1 saturated heterocycles. The summed E-state index contributed by atoms with van der Waals surface area (Å²) in [4.78, 5) is 25.7. The molecule has 1 unspecified atom stereocenters. The molecular weight excluding hydrogens is 244 g/mol. The van der Waals surface area contributed by atoms with E-state index in [2.05, 4.69) is 10.4 Å². The van der Waals surface area contributed by atoms with Gasteiger partial charge in [-0.15, -0.1) is 0 Å². The van der Waals surface area contributed by atoms with Crippen molar-refractivity contribution in [3.05, 3.63) is 18.0 Å². The Kier molecular flexibility index (Phi) is 3.59. The van der Waals surface area contributed by atoms with Crippen LogP contribution in [-0.4, -0.2) is 45.1 Å². The Morgan fingerprint density at radius 3 is 2.79 bits per heavy atom. The Hall–Kier alpha value is -1.85. The average Bonchev–Trinajstić information content (AvgIpc) is 2.77. The average molecular weight is 264 g/mol. The molecule has 1 fully saturated rings. The topological polar surface area (TPSA) is 67.2 Å². The third-order valence-electron chi connectivity index (χ3n) is 3.78. The molecule has 6 heteroatoms. The maximum absolute atomic E-state index is 12.4. The van der Waals surface area contributed by atoms with Gasteiger partial charge in [-0.25, -0.2) is 0 Å². The molecule has 2 rings (SSSR count). The quantitative estimate of drug-likeness (QED) is 0.838. The zero-order valence-electron chi connectivity index (χ0n) is 11.6. The minimum absolute atomic E-state index is 0.00299. The summed E-state index contributed by atoms with van der Waals surface area (Å²) in [7, 11) is 1.87. The van der Waals surface area contributed by atoms with Crippen molar-refractivity contribution in [1.29, 1.82) is 0 Å². The second kappa shape index (κ2) is 5.03. The smallest absolute Gasteiger partial charge is 0.248 e. The third-order valence-corrected chi connectivity index (χ3v) is 3.78. The standard InChI is InChI=1S/C13H20N4O2/c1-4-13(2)12(19)17(9-11(18)15-13)8-6-10-5-7-14-16(10)3/h5,7H,4,6,8-9H2,1-3H3,(H,15,18). The van der Waals surface area contributed by atoms with E-state index in [1.54, 1.807) is 22.7 Å². The molecule has 104 valence electrons. The lowest BCUT2D eigenvalue weighted by atomic mass is 9.94. The van der Waals surface area contributed by atoms with Crippen molar-refractivity contribution in [2.24, 2.45) is 7.05 Å². The van der Waals surface area contributed by atoms with Crippen molar-refractivity contribution in [2.45, 2.75) is 32.2 Å². The first-order valence-electron chi connectivity index (χ1n) is 6.53. The Morgan fingerprint density at radius 1 is 1.47 bits per heavy atom. The fourth-order valence-corrected chi connectivity index (χ4v) is 2.31. The molecule has 0 aromatic carbocycles. The van der Waals surface area contributed by atoms with Crippen molar-refractivity contribution in [3.63, 3.8) is 0 Å². The van der Waals surface area contributed by atoms with Gasteiger partial charge in [0.1, 0.15) is 5.54 Å². The van der Waals surface area contributed by atoms with Crippen molar-refractivity contribution in [2.75, 3.05) is 13.1 Å². The van der Waals surface area contributed by atoms with Gasteiger partial charge in [0.15, 0.2) is 0 Å². The molecule has 0 radical (unpaired) electrons. The fraction of sp³-hybridized carbons (Fsp3) is 0.615. The van der Waals surface area contributed by atoms with Crippen LogP contribution in [0.15, 0.2) is 12.3 Å². The van der Waals surface area contributed by atoms with Gasteiger partial charge in [0.05, 0.1) is 6.54 Å². The lowest BCUT2D eigenvalue weighted by Gasteiger charge is -2.39. The Balaban J connectivity index is 2.05. The van der Waals surface area contributed by atoms with Gasteiger partial charge < -0.3 is 10.2 Å². The number of nitrogens with zero attached hydrogens (tertiary/aromatic N) is 3. The Labute approximate surface area is 112 Å². The summed E-state index contributed by atoms with van der Waals surface area (Å²) in [6, 6.07) is 1.92. The minimum atomic E-state index is -0.762. The highest BCUT2D eigenvalue weighted by Crippen LogP contribution is 2.18. The predicted molar refractivity (Wildman–Crippen MR) is 70.3 cm³/mol. The Morgan fingerprint density at radius 2 is 2.21 bits per heavy atom. The van der Waals surface area contributed by atoms with Gasteiger partial charge in [-0.3, -0.25) is 14.3 Å². The van der Waals surface area contributed by atoms with Gasteiger partial charge in [-0.2, -0.15) is 5.10 Å². The third kappa shape index (κ3) is 2.62. The zero-order chi connectivity index (χ0) is 14.0. The number of rotatable bonds is 4. The second-order valence-electron chi connectivity index (χ2n) is 5.16. The van der Waals surface area contributed by atoms with Crippen LogP contribution in [0.4, 0.5) is 0 Å². The van der Waals surface area contributed by atoms with Gasteiger partial charge in [0, 0.05) is 31.9 Å². The minimum Gasteiger partial charge on any atom is -0.340 e. The van der Waals surface area contributed by atoms with Gasteiger partial charge in [0.2, 0.25) is 11.8 Å². The largest absolute Gasteiger partial charge is 0.340 e. The molecule has 1 aromatic rings. The van der Waals surface area contributed by atoms with E-state index in [9.17, 15) is 9.59 Å². The number of piperazine rings is 1. The predicted octanol–water partition coefficient (Wildman–Crippen LogP) is 0.0897. The molecule has 19 heavy (non-hydrogen) atoms. The van der Waals surface area contributed by atoms with Crippen LogP contribution in [0.2, 0.25) is 0 Å². The normalized spacial score (nSPS) is 23.6. The summed E-state index contributed by atoms with van der Waals surface area (Å²) < 4.78 is 1.79. The summed E-state index contributed by atoms with van der Waals surface area (Å²) in [6.07, 6.45) is 3.03. The van der Waals surface area contributed by atoms with Gasteiger partial charge in [0.25, 0.3) is 0 Å². The highest BCUT2D eigenvalue weighted by molar-refractivity contribution is 5.97. The molecule has 2 amide bonds. The summed E-state index contributed by atoms with van der Waals surface area (Å²) in [5, 5.41) is 6.87. The van der Waals surface area contributed by atoms with Crippen LogP contribution in [0.25, 0.3) is 0 Å². The van der Waals surface area contributed by atoms with E-state index in [0.29, 0.717) is 19.4 Å². The maximum Gasteiger partial charge on any atom is 0.248 e. The molecule has 1 aromatic heterocycles. The summed E-state index contributed by atoms with van der Waals surface area (Å²) in [5.74, 6) is -0.0919. The second-order valence-corrected chi connectivity index (χ2v) is 5.16. The van der Waals surface area contributed by atoms with Crippen LogP contribution in [0, 0.1) is 0 Å². The molecular formula is C13H20N4O2. The highest BCUT2D eigenvalue weighted by atomic mass is 16.2. The van der Waals surface area contributed by atoms with Gasteiger partial charge >= 0.3 is 0 Å². The number of aryl methyl sites for hydroxylation is 1. The first kappa shape index (κ1) is 13.6. The molecule has 1 aliphatic rings. The van der Waals surface area contributed by atoms with Crippen LogP contribution in [-0.2, 0) is 23.1 Å². The number of hydrogen-bond donors (Lipinski definition) is 1. The Bertz CT molecular complexity index is 497. The SMILES string of the molecule is CCC1(C)NC(=O)CN(CCc2ccnn2C)C1=O. The molecule has 1 atom stereocenters. The van der Waals surface area contributed by atoms with Crippen LogP contribution in [0.5, 0.6) is 0 Å². The van der Waals surface area contributed by atoms with E-state index in [1.807, 2.05) is 20.0 Å². The molecule has 0 aliphatic carbocycles. The highest BCUT2D eigenvalue weighted by Gasteiger charge is 2.41. The van der Waals surface area contributed by atoms with Crippen LogP contribution in [0.1, 0.15) is 26.0 Å². The lowest BCUT2D eigenvalue weighted by Crippen LogP contribution is -2.65. The van der Waals surface area contributed by atoms with E-state index in [0.717, 1.165) is 5.69 Å². The number of aromatic nitrogens is 2. The number of carbonyl (C=O) groups excluding carboxylic acids is 2. The number of nitrogens with one attached hydrogen (secondary N) is 1. The molecule has 2 heterocycles. The molecule has 1 aliphatic heterocycles. The van der Waals surface area contributed by atoms with Crippen molar-refractivity contribution < 1.29 is 9.59 Å². The molecule has 0 saturated carbocycles. The number of carbonyl (C=O) groups is 2. The van der Waals surface area contributed by atoms with E-state index < -0.39 is 5.54 Å². The first-order chi connectivity index (χ1) is 8.96. The van der Waals surface area contributed by atoms with Crippen molar-refractivity contribution in [3.8, 4) is 0 Å². The molecule has 0 spiro atoms. The number of amides is 2. The van der Waals surface area contributed by atoms with Gasteiger partial charge in [-0.1, -0.05) is 6.92 Å². The van der Waals surface area contributed by atoms with E-state index >= 15 is 0 Å². The van der Waals surface area contributed by atoms with Crippen molar-refractivity contribution >= 4 is 11.8 Å². The fourth-order valence-electron chi connectivity index (χ4n) is 2.31. The van der Waals surface area contributed by atoms with Crippen molar-refractivity contribution in [1.82, 2.24) is 20.0 Å². The van der Waals surface area contributed by atoms with Crippen LogP contribution >= 0.6 is 0 Å². The van der Waals surface area contributed by atoms with Crippen LogP contribution < -0.4 is 5.32 Å². The van der Waals surface area contributed by atoms with Gasteiger partial charge in [-0.05, 0) is 19.4 Å². The van der Waals surface area contributed by atoms with E-state index in [1.165, 1.54) is 0 Å². The zero-order valence-corrected chi connectivity index (χ0v) is 11.6. The molecule has 6 nitrogen and oxygen atoms in total. The first-order valence-corrected chi connectivity index (χ1v) is 6.53.